The van der Waals surface area contributed by atoms with Crippen molar-refractivity contribution in [2.75, 3.05) is 13.2 Å². The topological polar surface area (TPSA) is 63.7 Å². The van der Waals surface area contributed by atoms with Crippen LogP contribution in [0.5, 0.6) is 0 Å². The molecule has 1 unspecified atom stereocenters. The number of rotatable bonds is 8. The van der Waals surface area contributed by atoms with Crippen LogP contribution in [0.3, 0.4) is 0 Å². The van der Waals surface area contributed by atoms with Crippen LogP contribution in [-0.2, 0) is 19.6 Å². The Balaban J connectivity index is 3.30. The van der Waals surface area contributed by atoms with Crippen molar-refractivity contribution < 1.29 is 17.9 Å². The van der Waals surface area contributed by atoms with Gasteiger partial charge in [0.25, 0.3) is 0 Å². The van der Waals surface area contributed by atoms with Gasteiger partial charge in [0.05, 0.1) is 11.5 Å². The van der Waals surface area contributed by atoms with E-state index in [4.69, 9.17) is 11.2 Å². The summed E-state index contributed by atoms with van der Waals surface area (Å²) in [7, 11) is -3.90. The van der Waals surface area contributed by atoms with Crippen LogP contribution in [0.4, 0.5) is 0 Å². The van der Waals surface area contributed by atoms with Crippen molar-refractivity contribution in [1.82, 2.24) is 4.31 Å². The van der Waals surface area contributed by atoms with Crippen molar-refractivity contribution in [3.63, 3.8) is 0 Å². The summed E-state index contributed by atoms with van der Waals surface area (Å²) in [6, 6.07) is 5.31. The summed E-state index contributed by atoms with van der Waals surface area (Å²) in [6.45, 7) is 7.17. The molecule has 0 bridgehead atoms. The van der Waals surface area contributed by atoms with Crippen molar-refractivity contribution in [3.8, 4) is 12.3 Å². The Kier molecular flexibility index (Phi) is 7.01. The van der Waals surface area contributed by atoms with E-state index in [-0.39, 0.29) is 24.5 Å². The Labute approximate surface area is 138 Å². The number of ether oxygens (including phenoxy) is 1. The van der Waals surface area contributed by atoms with E-state index >= 15 is 0 Å². The Bertz CT molecular complexity index is 686. The molecular weight excluding hydrogens is 314 g/mol. The van der Waals surface area contributed by atoms with Gasteiger partial charge in [0, 0.05) is 13.0 Å². The number of benzene rings is 1. The molecule has 1 aromatic carbocycles. The molecule has 0 aliphatic heterocycles. The molecule has 0 N–H and O–H groups in total. The lowest BCUT2D eigenvalue weighted by Gasteiger charge is -2.27. The van der Waals surface area contributed by atoms with Gasteiger partial charge in [-0.3, -0.25) is 4.79 Å². The predicted molar refractivity (Wildman–Crippen MR) is 89.1 cm³/mol. The summed E-state index contributed by atoms with van der Waals surface area (Å²) < 4.78 is 31.7. The van der Waals surface area contributed by atoms with Crippen molar-refractivity contribution in [3.05, 3.63) is 42.5 Å². The first kappa shape index (κ1) is 18.9. The summed E-state index contributed by atoms with van der Waals surface area (Å²) in [5.74, 6) is 1.67. The first-order valence-electron chi connectivity index (χ1n) is 7.18. The number of hydrogen-bond acceptors (Lipinski definition) is 4. The fourth-order valence-electron chi connectivity index (χ4n) is 2.02. The van der Waals surface area contributed by atoms with E-state index in [0.29, 0.717) is 0 Å². The number of nitrogens with zero attached hydrogens (tertiary/aromatic N) is 1. The zero-order chi connectivity index (χ0) is 17.5. The first-order valence-corrected chi connectivity index (χ1v) is 8.62. The molecule has 0 fully saturated rings. The molecule has 0 radical (unpaired) electrons. The second-order valence-electron chi connectivity index (χ2n) is 4.85. The third-order valence-corrected chi connectivity index (χ3v) is 5.04. The minimum absolute atomic E-state index is 0.0403. The maximum absolute atomic E-state index is 12.9. The van der Waals surface area contributed by atoms with Gasteiger partial charge < -0.3 is 4.74 Å². The molecule has 1 atom stereocenters. The fourth-order valence-corrected chi connectivity index (χ4v) is 3.57. The average molecular weight is 335 g/mol. The highest BCUT2D eigenvalue weighted by Crippen LogP contribution is 2.21. The molecule has 0 saturated carbocycles. The largest absolute Gasteiger partial charge is 0.465 e. The smallest absolute Gasteiger partial charge is 0.325 e. The number of esters is 1. The van der Waals surface area contributed by atoms with Gasteiger partial charge in [0.15, 0.2) is 0 Å². The van der Waals surface area contributed by atoms with Crippen LogP contribution in [-0.4, -0.2) is 37.9 Å². The summed E-state index contributed by atoms with van der Waals surface area (Å²) >= 11 is 0. The quantitative estimate of drug-likeness (QED) is 0.415. The second kappa shape index (κ2) is 8.51. The highest BCUT2D eigenvalue weighted by Gasteiger charge is 2.35. The lowest BCUT2D eigenvalue weighted by molar-refractivity contribution is -0.147. The standard InChI is InChI=1S/C17H21NO4S/c1-5-8-16(17(19)22-7-3)18(13-6-2)23(20,21)15-11-9-14(4)10-12-15/h1,6,9-12,16H,2,7-8,13H2,3-4H3. The van der Waals surface area contributed by atoms with Gasteiger partial charge >= 0.3 is 5.97 Å². The van der Waals surface area contributed by atoms with Crippen LogP contribution in [0.25, 0.3) is 0 Å². The molecule has 1 rings (SSSR count). The molecule has 0 aliphatic rings. The second-order valence-corrected chi connectivity index (χ2v) is 6.74. The number of hydrogen-bond donors (Lipinski definition) is 0. The van der Waals surface area contributed by atoms with Gasteiger partial charge in [-0.1, -0.05) is 23.8 Å². The average Bonchev–Trinajstić information content (AvgIpc) is 2.51. The van der Waals surface area contributed by atoms with Crippen molar-refractivity contribution >= 4 is 16.0 Å². The molecule has 0 amide bonds. The van der Waals surface area contributed by atoms with E-state index in [0.717, 1.165) is 9.87 Å². The SMILES string of the molecule is C#CCC(C(=O)OCC)N(CC=C)S(=O)(=O)c1ccc(C)cc1. The van der Waals surface area contributed by atoms with Gasteiger partial charge in [-0.2, -0.15) is 4.31 Å². The van der Waals surface area contributed by atoms with E-state index < -0.39 is 22.0 Å². The summed E-state index contributed by atoms with van der Waals surface area (Å²) in [6.07, 6.45) is 6.63. The number of sulfonamides is 1. The Morgan fingerprint density at radius 3 is 2.52 bits per heavy atom. The summed E-state index contributed by atoms with van der Waals surface area (Å²) in [4.78, 5) is 12.2. The molecule has 1 aromatic rings. The molecule has 0 aliphatic carbocycles. The van der Waals surface area contributed by atoms with Crippen LogP contribution in [0, 0.1) is 19.3 Å². The minimum atomic E-state index is -3.90. The molecule has 0 heterocycles. The first-order chi connectivity index (χ1) is 10.9. The normalized spacial score (nSPS) is 12.4. The monoisotopic (exact) mass is 335 g/mol. The van der Waals surface area contributed by atoms with Crippen molar-refractivity contribution in [1.29, 1.82) is 0 Å². The predicted octanol–water partition coefficient (Wildman–Crippen LogP) is 2.13. The Morgan fingerprint density at radius 2 is 2.04 bits per heavy atom. The van der Waals surface area contributed by atoms with E-state index in [2.05, 4.69) is 12.5 Å². The molecule has 0 aromatic heterocycles. The van der Waals surface area contributed by atoms with E-state index in [9.17, 15) is 13.2 Å². The lowest BCUT2D eigenvalue weighted by Crippen LogP contribution is -2.45. The van der Waals surface area contributed by atoms with Crippen LogP contribution >= 0.6 is 0 Å². The van der Waals surface area contributed by atoms with Gasteiger partial charge in [0.2, 0.25) is 10.0 Å². The molecule has 0 saturated heterocycles. The van der Waals surface area contributed by atoms with Gasteiger partial charge in [0.1, 0.15) is 6.04 Å². The van der Waals surface area contributed by atoms with Crippen LogP contribution in [0.15, 0.2) is 41.8 Å². The summed E-state index contributed by atoms with van der Waals surface area (Å²) in [5.41, 5.74) is 0.935. The van der Waals surface area contributed by atoms with Crippen molar-refractivity contribution in [2.24, 2.45) is 0 Å². The van der Waals surface area contributed by atoms with Crippen molar-refractivity contribution in [2.45, 2.75) is 31.2 Å². The number of carbonyl (C=O) groups excluding carboxylic acids is 1. The molecule has 124 valence electrons. The van der Waals surface area contributed by atoms with Gasteiger partial charge in [-0.15, -0.1) is 18.9 Å². The highest BCUT2D eigenvalue weighted by atomic mass is 32.2. The minimum Gasteiger partial charge on any atom is -0.465 e. The van der Waals surface area contributed by atoms with Crippen LogP contribution < -0.4 is 0 Å². The molecule has 6 heteroatoms. The maximum atomic E-state index is 12.9. The third kappa shape index (κ3) is 4.68. The summed E-state index contributed by atoms with van der Waals surface area (Å²) in [5, 5.41) is 0. The zero-order valence-corrected chi connectivity index (χ0v) is 14.2. The number of aryl methyl sites for hydroxylation is 1. The third-order valence-electron chi connectivity index (χ3n) is 3.15. The fraction of sp³-hybridized carbons (Fsp3) is 0.353. The van der Waals surface area contributed by atoms with Gasteiger partial charge in [-0.05, 0) is 26.0 Å². The number of carbonyl (C=O) groups is 1. The maximum Gasteiger partial charge on any atom is 0.325 e. The van der Waals surface area contributed by atoms with Crippen LogP contribution in [0.2, 0.25) is 0 Å². The van der Waals surface area contributed by atoms with Crippen LogP contribution in [0.1, 0.15) is 18.9 Å². The Hall–Kier alpha value is -2.10. The highest BCUT2D eigenvalue weighted by molar-refractivity contribution is 7.89. The lowest BCUT2D eigenvalue weighted by atomic mass is 10.2. The molecular formula is C17H21NO4S. The molecule has 23 heavy (non-hydrogen) atoms. The van der Waals surface area contributed by atoms with E-state index in [1.807, 2.05) is 6.92 Å². The van der Waals surface area contributed by atoms with E-state index in [1.165, 1.54) is 18.2 Å². The number of terminal acetylenes is 1. The molecule has 5 nitrogen and oxygen atoms in total. The zero-order valence-electron chi connectivity index (χ0n) is 13.4. The molecule has 0 spiro atoms. The van der Waals surface area contributed by atoms with E-state index in [1.54, 1.807) is 19.1 Å². The van der Waals surface area contributed by atoms with Gasteiger partial charge in [-0.25, -0.2) is 8.42 Å². The Morgan fingerprint density at radius 1 is 1.43 bits per heavy atom.